The average Bonchev–Trinajstić information content (AvgIpc) is 2.78. The third-order valence-electron chi connectivity index (χ3n) is 3.83. The number of nitrogens with zero attached hydrogens (tertiary/aromatic N) is 1. The summed E-state index contributed by atoms with van der Waals surface area (Å²) in [4.78, 5) is 1.64. The standard InChI is InChI=1S/C14H12ClF5N2O2S/c15-10-9-7(14(18,19)20)1-6(24-12(16)17)2-8(9)25-11(10)22-3-13(21,4-22)5-23/h1-2,12,23H,3-5,21H2. The van der Waals surface area contributed by atoms with E-state index in [2.05, 4.69) is 4.74 Å². The van der Waals surface area contributed by atoms with Crippen molar-refractivity contribution in [2.45, 2.75) is 18.3 Å². The SMILES string of the molecule is NC1(CO)CN(c2sc3cc(OC(F)F)cc(C(F)(F)F)c3c2Cl)C1. The average molecular weight is 403 g/mol. The lowest BCUT2D eigenvalue weighted by Crippen LogP contribution is -2.69. The second-order valence-electron chi connectivity index (χ2n) is 5.82. The Labute approximate surface area is 147 Å². The lowest BCUT2D eigenvalue weighted by atomic mass is 9.92. The molecule has 3 rings (SSSR count). The van der Waals surface area contributed by atoms with Crippen LogP contribution in [0, 0.1) is 0 Å². The number of fused-ring (bicyclic) bond motifs is 1. The van der Waals surface area contributed by atoms with Crippen LogP contribution in [0.2, 0.25) is 5.02 Å². The van der Waals surface area contributed by atoms with Crippen LogP contribution < -0.4 is 15.4 Å². The van der Waals surface area contributed by atoms with E-state index in [-0.39, 0.29) is 34.8 Å². The first-order chi connectivity index (χ1) is 11.5. The number of aliphatic hydroxyl groups is 1. The second kappa shape index (κ2) is 6.11. The van der Waals surface area contributed by atoms with Crippen molar-refractivity contribution in [2.75, 3.05) is 24.6 Å². The number of hydrogen-bond acceptors (Lipinski definition) is 5. The number of aliphatic hydroxyl groups excluding tert-OH is 1. The van der Waals surface area contributed by atoms with Crippen LogP contribution in [0.3, 0.4) is 0 Å². The van der Waals surface area contributed by atoms with Gasteiger partial charge < -0.3 is 20.5 Å². The van der Waals surface area contributed by atoms with Crippen molar-refractivity contribution >= 4 is 38.0 Å². The van der Waals surface area contributed by atoms with Crippen LogP contribution in [-0.2, 0) is 6.18 Å². The normalized spacial score (nSPS) is 17.2. The van der Waals surface area contributed by atoms with Gasteiger partial charge in [-0.2, -0.15) is 22.0 Å². The Morgan fingerprint density at radius 2 is 2.00 bits per heavy atom. The lowest BCUT2D eigenvalue weighted by Gasteiger charge is -2.47. The van der Waals surface area contributed by atoms with Crippen LogP contribution in [0.4, 0.5) is 27.0 Å². The van der Waals surface area contributed by atoms with E-state index < -0.39 is 29.6 Å². The van der Waals surface area contributed by atoms with E-state index in [1.54, 1.807) is 4.90 Å². The summed E-state index contributed by atoms with van der Waals surface area (Å²) in [5.74, 6) is -0.591. The number of halogens is 6. The van der Waals surface area contributed by atoms with Gasteiger partial charge in [0.15, 0.2) is 0 Å². The van der Waals surface area contributed by atoms with E-state index in [0.29, 0.717) is 11.1 Å². The molecule has 1 aliphatic heterocycles. The van der Waals surface area contributed by atoms with E-state index in [0.717, 1.165) is 17.4 Å². The molecule has 0 spiro atoms. The summed E-state index contributed by atoms with van der Waals surface area (Å²) in [7, 11) is 0. The summed E-state index contributed by atoms with van der Waals surface area (Å²) in [6, 6.07) is 1.60. The van der Waals surface area contributed by atoms with Crippen LogP contribution in [0.25, 0.3) is 10.1 Å². The third kappa shape index (κ3) is 3.35. The number of rotatable bonds is 4. The molecule has 0 amide bonds. The summed E-state index contributed by atoms with van der Waals surface area (Å²) in [5.41, 5.74) is 3.86. The van der Waals surface area contributed by atoms with E-state index in [1.165, 1.54) is 0 Å². The smallest absolute Gasteiger partial charge is 0.417 e. The molecule has 1 aliphatic rings. The van der Waals surface area contributed by atoms with Crippen molar-refractivity contribution in [1.29, 1.82) is 0 Å². The quantitative estimate of drug-likeness (QED) is 0.766. The maximum Gasteiger partial charge on any atom is 0.417 e. The zero-order chi connectivity index (χ0) is 18.6. The Bertz CT molecular complexity index is 805. The van der Waals surface area contributed by atoms with Crippen LogP contribution in [-0.4, -0.2) is 37.0 Å². The molecule has 0 radical (unpaired) electrons. The maximum atomic E-state index is 13.3. The van der Waals surface area contributed by atoms with Crippen molar-refractivity contribution in [1.82, 2.24) is 0 Å². The monoisotopic (exact) mass is 402 g/mol. The number of ether oxygens (including phenoxy) is 1. The van der Waals surface area contributed by atoms with E-state index in [9.17, 15) is 27.1 Å². The summed E-state index contributed by atoms with van der Waals surface area (Å²) in [6.45, 7) is -3.08. The largest absolute Gasteiger partial charge is 0.435 e. The number of anilines is 1. The minimum Gasteiger partial charge on any atom is -0.435 e. The van der Waals surface area contributed by atoms with Crippen LogP contribution in [0.15, 0.2) is 12.1 Å². The molecule has 1 aromatic heterocycles. The van der Waals surface area contributed by atoms with Gasteiger partial charge in [-0.25, -0.2) is 0 Å². The highest BCUT2D eigenvalue weighted by atomic mass is 35.5. The number of alkyl halides is 5. The van der Waals surface area contributed by atoms with Crippen LogP contribution >= 0.6 is 22.9 Å². The molecule has 138 valence electrons. The first kappa shape index (κ1) is 18.4. The predicted molar refractivity (Wildman–Crippen MR) is 84.7 cm³/mol. The topological polar surface area (TPSA) is 58.7 Å². The van der Waals surface area contributed by atoms with Crippen molar-refractivity contribution < 1.29 is 31.8 Å². The van der Waals surface area contributed by atoms with Crippen LogP contribution in [0.1, 0.15) is 5.56 Å². The highest BCUT2D eigenvalue weighted by Crippen LogP contribution is 2.50. The molecule has 1 saturated heterocycles. The molecule has 25 heavy (non-hydrogen) atoms. The molecule has 11 heteroatoms. The fraction of sp³-hybridized carbons (Fsp3) is 0.429. The molecule has 1 aromatic carbocycles. The molecule has 0 aliphatic carbocycles. The lowest BCUT2D eigenvalue weighted by molar-refractivity contribution is -0.136. The first-order valence-corrected chi connectivity index (χ1v) is 8.16. The summed E-state index contributed by atoms with van der Waals surface area (Å²) >= 11 is 7.07. The predicted octanol–water partition coefficient (Wildman–Crippen LogP) is 3.68. The number of nitrogens with two attached hydrogens (primary N) is 1. The Kier molecular flexibility index (Phi) is 4.51. The van der Waals surface area contributed by atoms with Gasteiger partial charge in [-0.05, 0) is 12.1 Å². The molecule has 0 unspecified atom stereocenters. The molecule has 2 aromatic rings. The summed E-state index contributed by atoms with van der Waals surface area (Å²) in [5, 5.41) is 9.11. The minimum atomic E-state index is -4.79. The molecule has 3 N–H and O–H groups in total. The van der Waals surface area contributed by atoms with Crippen molar-refractivity contribution in [3.8, 4) is 5.75 Å². The Hall–Kier alpha value is -1.36. The van der Waals surface area contributed by atoms with E-state index >= 15 is 0 Å². The summed E-state index contributed by atoms with van der Waals surface area (Å²) in [6.07, 6.45) is -4.79. The van der Waals surface area contributed by atoms with Gasteiger partial charge in [0.05, 0.1) is 22.7 Å². The molecular formula is C14H12ClF5N2O2S. The molecule has 1 fully saturated rings. The van der Waals surface area contributed by atoms with Gasteiger partial charge in [-0.3, -0.25) is 0 Å². The first-order valence-electron chi connectivity index (χ1n) is 6.97. The van der Waals surface area contributed by atoms with Crippen molar-refractivity contribution in [3.05, 3.63) is 22.7 Å². The van der Waals surface area contributed by atoms with Gasteiger partial charge in [-0.1, -0.05) is 11.6 Å². The number of benzene rings is 1. The highest BCUT2D eigenvalue weighted by molar-refractivity contribution is 7.23. The van der Waals surface area contributed by atoms with Gasteiger partial charge in [0.25, 0.3) is 0 Å². The molecular weight excluding hydrogens is 391 g/mol. The molecule has 0 saturated carbocycles. The zero-order valence-corrected chi connectivity index (χ0v) is 14.0. The zero-order valence-electron chi connectivity index (χ0n) is 12.4. The Morgan fingerprint density at radius 1 is 1.36 bits per heavy atom. The summed E-state index contributed by atoms with van der Waals surface area (Å²) < 4.78 is 69.0. The number of thiophene rings is 1. The molecule has 2 heterocycles. The van der Waals surface area contributed by atoms with Crippen molar-refractivity contribution in [3.63, 3.8) is 0 Å². The number of hydrogen-bond donors (Lipinski definition) is 2. The molecule has 0 bridgehead atoms. The van der Waals surface area contributed by atoms with Crippen molar-refractivity contribution in [2.24, 2.45) is 5.73 Å². The van der Waals surface area contributed by atoms with E-state index in [4.69, 9.17) is 17.3 Å². The highest BCUT2D eigenvalue weighted by Gasteiger charge is 2.42. The maximum absolute atomic E-state index is 13.3. The van der Waals surface area contributed by atoms with Crippen LogP contribution in [0.5, 0.6) is 5.75 Å². The van der Waals surface area contributed by atoms with Gasteiger partial charge in [0, 0.05) is 23.2 Å². The molecule has 4 nitrogen and oxygen atoms in total. The Morgan fingerprint density at radius 3 is 2.52 bits per heavy atom. The van der Waals surface area contributed by atoms with Gasteiger partial charge >= 0.3 is 12.8 Å². The van der Waals surface area contributed by atoms with E-state index in [1.807, 2.05) is 0 Å². The van der Waals surface area contributed by atoms with Gasteiger partial charge in [-0.15, -0.1) is 11.3 Å². The third-order valence-corrected chi connectivity index (χ3v) is 5.51. The van der Waals surface area contributed by atoms with Gasteiger partial charge in [0.1, 0.15) is 10.8 Å². The minimum absolute atomic E-state index is 0.0731. The molecule has 0 atom stereocenters. The van der Waals surface area contributed by atoms with Gasteiger partial charge in [0.2, 0.25) is 0 Å². The second-order valence-corrected chi connectivity index (χ2v) is 7.23. The fourth-order valence-corrected chi connectivity index (χ4v) is 4.35. The Balaban J connectivity index is 2.10. The fourth-order valence-electron chi connectivity index (χ4n) is 2.71.